The summed E-state index contributed by atoms with van der Waals surface area (Å²) in [7, 11) is 0. The van der Waals surface area contributed by atoms with Crippen LogP contribution in [0.5, 0.6) is 0 Å². The van der Waals surface area contributed by atoms with E-state index in [0.29, 0.717) is 18.0 Å². The van der Waals surface area contributed by atoms with Gasteiger partial charge in [0.05, 0.1) is 11.1 Å². The number of nitrogens with one attached hydrogen (secondary N) is 2. The molecular formula is C13H19N3O3S. The van der Waals surface area contributed by atoms with Gasteiger partial charge < -0.3 is 10.4 Å². The number of thiazole rings is 1. The van der Waals surface area contributed by atoms with Gasteiger partial charge in [0.2, 0.25) is 0 Å². The Bertz CT molecular complexity index is 501. The van der Waals surface area contributed by atoms with Crippen molar-refractivity contribution in [2.24, 2.45) is 5.41 Å². The van der Waals surface area contributed by atoms with Crippen molar-refractivity contribution in [2.75, 3.05) is 11.9 Å². The number of carboxylic acid groups (broad SMARTS) is 1. The number of carbonyl (C=O) groups excluding carboxylic acids is 1. The van der Waals surface area contributed by atoms with Gasteiger partial charge in [0, 0.05) is 11.4 Å². The molecule has 1 heterocycles. The number of carboxylic acids is 1. The summed E-state index contributed by atoms with van der Waals surface area (Å²) in [6, 6.07) is -0.397. The lowest BCUT2D eigenvalue weighted by molar-refractivity contribution is -0.148. The molecule has 6 nitrogen and oxygen atoms in total. The van der Waals surface area contributed by atoms with Gasteiger partial charge >= 0.3 is 12.0 Å². The fraction of sp³-hybridized carbons (Fsp3) is 0.615. The van der Waals surface area contributed by atoms with Crippen molar-refractivity contribution < 1.29 is 14.7 Å². The van der Waals surface area contributed by atoms with E-state index >= 15 is 0 Å². The molecule has 0 saturated heterocycles. The molecule has 0 aromatic carbocycles. The van der Waals surface area contributed by atoms with Gasteiger partial charge in [0.15, 0.2) is 5.13 Å². The van der Waals surface area contributed by atoms with Crippen LogP contribution in [0.15, 0.2) is 0 Å². The number of rotatable bonds is 4. The first kappa shape index (κ1) is 14.8. The number of aryl methyl sites for hydroxylation is 2. The quantitative estimate of drug-likeness (QED) is 0.796. The molecule has 0 atom stereocenters. The second-order valence-corrected chi connectivity index (χ2v) is 6.46. The molecule has 0 aliphatic heterocycles. The molecule has 7 heteroatoms. The Morgan fingerprint density at radius 3 is 2.50 bits per heavy atom. The Morgan fingerprint density at radius 1 is 1.35 bits per heavy atom. The van der Waals surface area contributed by atoms with Gasteiger partial charge in [-0.15, -0.1) is 11.3 Å². The van der Waals surface area contributed by atoms with Crippen LogP contribution in [0.4, 0.5) is 9.93 Å². The average molecular weight is 297 g/mol. The standard InChI is InChI=1S/C13H19N3O3S/c1-8-9(2)20-12(15-8)16-11(19)14-7-13(10(17)18)5-3-4-6-13/h3-7H2,1-2H3,(H,17,18)(H2,14,15,16,19). The highest BCUT2D eigenvalue weighted by Gasteiger charge is 2.41. The van der Waals surface area contributed by atoms with E-state index < -0.39 is 17.4 Å². The number of hydrogen-bond acceptors (Lipinski definition) is 4. The van der Waals surface area contributed by atoms with Crippen molar-refractivity contribution in [1.29, 1.82) is 0 Å². The number of urea groups is 1. The molecule has 1 aromatic rings. The van der Waals surface area contributed by atoms with Crippen LogP contribution in [0.1, 0.15) is 36.3 Å². The van der Waals surface area contributed by atoms with Crippen molar-refractivity contribution in [1.82, 2.24) is 10.3 Å². The Hall–Kier alpha value is -1.63. The number of aliphatic carboxylic acids is 1. The van der Waals surface area contributed by atoms with Gasteiger partial charge in [-0.3, -0.25) is 10.1 Å². The third-order valence-corrected chi connectivity index (χ3v) is 4.84. The first-order valence-electron chi connectivity index (χ1n) is 6.65. The maximum absolute atomic E-state index is 11.8. The normalized spacial score (nSPS) is 16.9. The molecule has 2 rings (SSSR count). The SMILES string of the molecule is Cc1nc(NC(=O)NCC2(C(=O)O)CCCC2)sc1C. The number of aromatic nitrogens is 1. The first-order valence-corrected chi connectivity index (χ1v) is 7.47. The topological polar surface area (TPSA) is 91.3 Å². The van der Waals surface area contributed by atoms with Crippen LogP contribution in [-0.2, 0) is 4.79 Å². The number of anilines is 1. The fourth-order valence-corrected chi connectivity index (χ4v) is 3.24. The van der Waals surface area contributed by atoms with Gasteiger partial charge in [-0.25, -0.2) is 9.78 Å². The molecule has 1 aromatic heterocycles. The maximum atomic E-state index is 11.8. The third kappa shape index (κ3) is 3.09. The molecule has 0 bridgehead atoms. The van der Waals surface area contributed by atoms with Gasteiger partial charge in [0.25, 0.3) is 0 Å². The van der Waals surface area contributed by atoms with Gasteiger partial charge in [0.1, 0.15) is 0 Å². The molecule has 1 aliphatic carbocycles. The van der Waals surface area contributed by atoms with Crippen molar-refractivity contribution in [2.45, 2.75) is 39.5 Å². The molecule has 0 spiro atoms. The van der Waals surface area contributed by atoms with Crippen molar-refractivity contribution in [3.8, 4) is 0 Å². The molecule has 1 aliphatic rings. The highest BCUT2D eigenvalue weighted by Crippen LogP contribution is 2.37. The molecule has 1 fully saturated rings. The predicted octanol–water partition coefficient (Wildman–Crippen LogP) is 2.53. The fourth-order valence-electron chi connectivity index (χ4n) is 2.44. The van der Waals surface area contributed by atoms with Crippen molar-refractivity contribution in [3.05, 3.63) is 10.6 Å². The van der Waals surface area contributed by atoms with Gasteiger partial charge in [-0.1, -0.05) is 12.8 Å². The summed E-state index contributed by atoms with van der Waals surface area (Å²) in [5.74, 6) is -0.823. The molecule has 1 saturated carbocycles. The molecule has 20 heavy (non-hydrogen) atoms. The van der Waals surface area contributed by atoms with Crippen molar-refractivity contribution in [3.63, 3.8) is 0 Å². The lowest BCUT2D eigenvalue weighted by atomic mass is 9.86. The molecule has 0 unspecified atom stereocenters. The zero-order chi connectivity index (χ0) is 14.8. The van der Waals surface area contributed by atoms with Crippen LogP contribution in [0.3, 0.4) is 0 Å². The van der Waals surface area contributed by atoms with E-state index in [1.165, 1.54) is 11.3 Å². The molecule has 2 amide bonds. The minimum absolute atomic E-state index is 0.164. The van der Waals surface area contributed by atoms with E-state index in [-0.39, 0.29) is 6.54 Å². The summed E-state index contributed by atoms with van der Waals surface area (Å²) in [6.07, 6.45) is 3.05. The Labute approximate surface area is 121 Å². The van der Waals surface area contributed by atoms with Crippen LogP contribution in [0.25, 0.3) is 0 Å². The molecular weight excluding hydrogens is 278 g/mol. The summed E-state index contributed by atoms with van der Waals surface area (Å²) in [6.45, 7) is 3.98. The van der Waals surface area contributed by atoms with Crippen LogP contribution in [0, 0.1) is 19.3 Å². The highest BCUT2D eigenvalue weighted by atomic mass is 32.1. The highest BCUT2D eigenvalue weighted by molar-refractivity contribution is 7.15. The second-order valence-electron chi connectivity index (χ2n) is 5.26. The summed E-state index contributed by atoms with van der Waals surface area (Å²) in [4.78, 5) is 28.4. The Balaban J connectivity index is 1.90. The minimum atomic E-state index is -0.823. The number of hydrogen-bond donors (Lipinski definition) is 3. The van der Waals surface area contributed by atoms with Crippen molar-refractivity contribution >= 4 is 28.5 Å². The maximum Gasteiger partial charge on any atom is 0.321 e. The summed E-state index contributed by atoms with van der Waals surface area (Å²) >= 11 is 1.41. The van der Waals surface area contributed by atoms with E-state index in [1.807, 2.05) is 13.8 Å². The Kier molecular flexibility index (Phi) is 4.27. The largest absolute Gasteiger partial charge is 0.481 e. The lowest BCUT2D eigenvalue weighted by Gasteiger charge is -2.23. The van der Waals surface area contributed by atoms with Crippen LogP contribution < -0.4 is 10.6 Å². The zero-order valence-electron chi connectivity index (χ0n) is 11.7. The predicted molar refractivity (Wildman–Crippen MR) is 77.1 cm³/mol. The minimum Gasteiger partial charge on any atom is -0.481 e. The summed E-state index contributed by atoms with van der Waals surface area (Å²) in [5, 5.41) is 15.2. The number of amides is 2. The van der Waals surface area contributed by atoms with E-state index in [4.69, 9.17) is 0 Å². The van der Waals surface area contributed by atoms with Gasteiger partial charge in [-0.05, 0) is 26.7 Å². The third-order valence-electron chi connectivity index (χ3n) is 3.85. The van der Waals surface area contributed by atoms with Crippen LogP contribution in [-0.4, -0.2) is 28.6 Å². The lowest BCUT2D eigenvalue weighted by Crippen LogP contribution is -2.42. The van der Waals surface area contributed by atoms with E-state index in [9.17, 15) is 14.7 Å². The summed E-state index contributed by atoms with van der Waals surface area (Å²) in [5.41, 5.74) is 0.0922. The smallest absolute Gasteiger partial charge is 0.321 e. The first-order chi connectivity index (χ1) is 9.43. The Morgan fingerprint density at radius 2 is 2.00 bits per heavy atom. The number of carbonyl (C=O) groups is 2. The van der Waals surface area contributed by atoms with Crippen LogP contribution >= 0.6 is 11.3 Å². The zero-order valence-corrected chi connectivity index (χ0v) is 12.5. The van der Waals surface area contributed by atoms with E-state index in [1.54, 1.807) is 0 Å². The monoisotopic (exact) mass is 297 g/mol. The summed E-state index contributed by atoms with van der Waals surface area (Å²) < 4.78 is 0. The van der Waals surface area contributed by atoms with Gasteiger partial charge in [-0.2, -0.15) is 0 Å². The number of nitrogens with zero attached hydrogens (tertiary/aromatic N) is 1. The molecule has 3 N–H and O–H groups in total. The van der Waals surface area contributed by atoms with E-state index in [2.05, 4.69) is 15.6 Å². The van der Waals surface area contributed by atoms with Crippen LogP contribution in [0.2, 0.25) is 0 Å². The van der Waals surface area contributed by atoms with E-state index in [0.717, 1.165) is 23.4 Å². The average Bonchev–Trinajstić information content (AvgIpc) is 2.96. The molecule has 110 valence electrons. The second kappa shape index (κ2) is 5.78. The molecule has 0 radical (unpaired) electrons.